The van der Waals surface area contributed by atoms with Crippen molar-refractivity contribution in [2.24, 2.45) is 0 Å². The second-order valence-corrected chi connectivity index (χ2v) is 7.61. The number of carbonyl (C=O) groups is 2. The van der Waals surface area contributed by atoms with E-state index >= 15 is 0 Å². The van der Waals surface area contributed by atoms with Crippen molar-refractivity contribution >= 4 is 29.2 Å². The highest BCUT2D eigenvalue weighted by Crippen LogP contribution is 2.37. The summed E-state index contributed by atoms with van der Waals surface area (Å²) < 4.78 is 69.1. The maximum absolute atomic E-state index is 14.6. The van der Waals surface area contributed by atoms with Gasteiger partial charge >= 0.3 is 12.1 Å². The van der Waals surface area contributed by atoms with Gasteiger partial charge in [0.15, 0.2) is 0 Å². The Morgan fingerprint density at radius 3 is 2.52 bits per heavy atom. The Morgan fingerprint density at radius 1 is 1.21 bits per heavy atom. The zero-order valence-corrected chi connectivity index (χ0v) is 17.3. The normalized spacial score (nSPS) is 18.9. The second kappa shape index (κ2) is 9.36. The Labute approximate surface area is 188 Å². The topological polar surface area (TPSA) is 89.9 Å². The van der Waals surface area contributed by atoms with Gasteiger partial charge in [-0.25, -0.2) is 18.6 Å². The molecule has 2 aliphatic rings. The van der Waals surface area contributed by atoms with E-state index in [2.05, 4.69) is 5.32 Å². The van der Waals surface area contributed by atoms with Gasteiger partial charge in [-0.15, -0.1) is 11.6 Å². The Morgan fingerprint density at radius 2 is 1.91 bits per heavy atom. The number of allylic oxidation sites excluding steroid dienone is 6. The number of hydrogen-bond donors (Lipinski definition) is 3. The van der Waals surface area contributed by atoms with Crippen LogP contribution in [-0.4, -0.2) is 33.7 Å². The quantitative estimate of drug-likeness (QED) is 0.303. The standard InChI is InChI=1S/C21H16ClF5N2O4/c22-12-4-1-3-11(21(25,26)27)17(12)19(30)28-15-6-2-5-13(23)18(15)29(33)16-8-7-10(20(31)32)9-14(16)24/h1,3,5,7-9,12,33H,2,4,6H2,(H,28,30)(H,31,32). The lowest BCUT2D eigenvalue weighted by molar-refractivity contribution is -0.118. The number of amides is 1. The van der Waals surface area contributed by atoms with E-state index in [1.165, 1.54) is 6.08 Å². The number of aromatic carboxylic acids is 1. The number of carboxylic acid groups (broad SMARTS) is 1. The number of benzene rings is 1. The first-order chi connectivity index (χ1) is 15.4. The highest BCUT2D eigenvalue weighted by molar-refractivity contribution is 6.26. The monoisotopic (exact) mass is 490 g/mol. The number of hydroxylamine groups is 1. The molecule has 1 atom stereocenters. The van der Waals surface area contributed by atoms with Gasteiger partial charge in [0.2, 0.25) is 0 Å². The molecule has 3 rings (SSSR count). The average Bonchev–Trinajstić information content (AvgIpc) is 2.72. The molecule has 176 valence electrons. The number of nitrogens with one attached hydrogen (secondary N) is 1. The highest BCUT2D eigenvalue weighted by atomic mass is 35.5. The molecule has 1 amide bonds. The summed E-state index contributed by atoms with van der Waals surface area (Å²) in [6.07, 6.45) is -2.05. The van der Waals surface area contributed by atoms with E-state index in [4.69, 9.17) is 16.7 Å². The molecule has 1 aromatic rings. The summed E-state index contributed by atoms with van der Waals surface area (Å²) >= 11 is 5.95. The second-order valence-electron chi connectivity index (χ2n) is 7.09. The first kappa shape index (κ1) is 24.5. The number of halogens is 6. The zero-order chi connectivity index (χ0) is 24.5. The Bertz CT molecular complexity index is 1120. The third-order valence-electron chi connectivity index (χ3n) is 4.91. The van der Waals surface area contributed by atoms with Crippen molar-refractivity contribution in [2.45, 2.75) is 30.8 Å². The molecule has 6 nitrogen and oxygen atoms in total. The molecule has 0 bridgehead atoms. The molecule has 1 aromatic carbocycles. The molecule has 0 saturated carbocycles. The molecule has 3 N–H and O–H groups in total. The van der Waals surface area contributed by atoms with E-state index in [9.17, 15) is 36.7 Å². The SMILES string of the molecule is O=C(NC1=C(N(O)c2ccc(C(=O)O)cc2F)C(F)=CCC1)C1=C(C(F)(F)F)C=CCC1Cl. The van der Waals surface area contributed by atoms with Gasteiger partial charge in [-0.3, -0.25) is 10.0 Å². The largest absolute Gasteiger partial charge is 0.478 e. The van der Waals surface area contributed by atoms with Crippen LogP contribution in [0, 0.1) is 5.82 Å². The maximum atomic E-state index is 14.6. The number of alkyl halides is 4. The minimum Gasteiger partial charge on any atom is -0.478 e. The van der Waals surface area contributed by atoms with Crippen LogP contribution in [-0.2, 0) is 4.79 Å². The average molecular weight is 491 g/mol. The van der Waals surface area contributed by atoms with E-state index in [-0.39, 0.29) is 30.0 Å². The first-order valence-corrected chi connectivity index (χ1v) is 9.89. The third kappa shape index (κ3) is 5.09. The van der Waals surface area contributed by atoms with Crippen molar-refractivity contribution in [1.29, 1.82) is 0 Å². The van der Waals surface area contributed by atoms with Crippen LogP contribution < -0.4 is 10.4 Å². The number of carbonyl (C=O) groups excluding carboxylic acids is 1. The minimum atomic E-state index is -4.87. The molecule has 0 radical (unpaired) electrons. The molecule has 1 unspecified atom stereocenters. The fourth-order valence-electron chi connectivity index (χ4n) is 3.38. The highest BCUT2D eigenvalue weighted by Gasteiger charge is 2.40. The molecule has 2 aliphatic carbocycles. The summed E-state index contributed by atoms with van der Waals surface area (Å²) in [6.45, 7) is 0. The van der Waals surface area contributed by atoms with Gasteiger partial charge in [0.1, 0.15) is 23.0 Å². The predicted octanol–water partition coefficient (Wildman–Crippen LogP) is 5.12. The molecule has 0 spiro atoms. The van der Waals surface area contributed by atoms with Crippen molar-refractivity contribution in [3.05, 3.63) is 76.2 Å². The molecular weight excluding hydrogens is 475 g/mol. The molecule has 0 aromatic heterocycles. The Hall–Kier alpha value is -3.18. The van der Waals surface area contributed by atoms with Crippen LogP contribution in [0.15, 0.2) is 64.8 Å². The molecule has 0 fully saturated rings. The smallest absolute Gasteiger partial charge is 0.416 e. The molecule has 0 aliphatic heterocycles. The van der Waals surface area contributed by atoms with Crippen LogP contribution >= 0.6 is 11.6 Å². The lowest BCUT2D eigenvalue weighted by Crippen LogP contribution is -2.35. The van der Waals surface area contributed by atoms with Gasteiger partial charge < -0.3 is 10.4 Å². The lowest BCUT2D eigenvalue weighted by atomic mass is 9.95. The number of anilines is 1. The minimum absolute atomic E-state index is 0.0363. The van der Waals surface area contributed by atoms with Gasteiger partial charge in [-0.2, -0.15) is 13.2 Å². The summed E-state index contributed by atoms with van der Waals surface area (Å²) in [6, 6.07) is 2.43. The van der Waals surface area contributed by atoms with E-state index in [0.29, 0.717) is 6.07 Å². The first-order valence-electron chi connectivity index (χ1n) is 9.46. The van der Waals surface area contributed by atoms with E-state index in [1.807, 2.05) is 0 Å². The third-order valence-corrected chi connectivity index (χ3v) is 5.31. The lowest BCUT2D eigenvalue weighted by Gasteiger charge is -2.27. The van der Waals surface area contributed by atoms with Gasteiger partial charge in [0.05, 0.1) is 16.5 Å². The summed E-state index contributed by atoms with van der Waals surface area (Å²) in [5, 5.41) is 20.3. The van der Waals surface area contributed by atoms with E-state index in [1.54, 1.807) is 0 Å². The van der Waals surface area contributed by atoms with E-state index in [0.717, 1.165) is 24.3 Å². The Balaban J connectivity index is 2.02. The van der Waals surface area contributed by atoms with Gasteiger partial charge in [0, 0.05) is 11.3 Å². The van der Waals surface area contributed by atoms with Crippen molar-refractivity contribution in [3.63, 3.8) is 0 Å². The van der Waals surface area contributed by atoms with Crippen molar-refractivity contribution in [3.8, 4) is 0 Å². The predicted molar refractivity (Wildman–Crippen MR) is 108 cm³/mol. The Kier molecular flexibility index (Phi) is 6.94. The van der Waals surface area contributed by atoms with Crippen LogP contribution in [0.3, 0.4) is 0 Å². The molecule has 12 heteroatoms. The number of hydrogen-bond acceptors (Lipinski definition) is 4. The van der Waals surface area contributed by atoms with Crippen LogP contribution in [0.5, 0.6) is 0 Å². The number of nitrogens with zero attached hydrogens (tertiary/aromatic N) is 1. The summed E-state index contributed by atoms with van der Waals surface area (Å²) in [5.41, 5.74) is -4.11. The van der Waals surface area contributed by atoms with Crippen molar-refractivity contribution in [2.75, 3.05) is 5.06 Å². The maximum Gasteiger partial charge on any atom is 0.416 e. The van der Waals surface area contributed by atoms with Crippen molar-refractivity contribution < 1.29 is 41.9 Å². The van der Waals surface area contributed by atoms with Crippen LogP contribution in [0.1, 0.15) is 29.6 Å². The van der Waals surface area contributed by atoms with Crippen LogP contribution in [0.2, 0.25) is 0 Å². The fraction of sp³-hybridized carbons (Fsp3) is 0.238. The van der Waals surface area contributed by atoms with Gasteiger partial charge in [0.25, 0.3) is 5.91 Å². The zero-order valence-electron chi connectivity index (χ0n) is 16.6. The van der Waals surface area contributed by atoms with Gasteiger partial charge in [-0.1, -0.05) is 12.2 Å². The molecule has 0 heterocycles. The van der Waals surface area contributed by atoms with Crippen molar-refractivity contribution in [1.82, 2.24) is 5.32 Å². The molecule has 0 saturated heterocycles. The number of carboxylic acids is 1. The summed E-state index contributed by atoms with van der Waals surface area (Å²) in [7, 11) is 0. The summed E-state index contributed by atoms with van der Waals surface area (Å²) in [5.74, 6) is -4.97. The number of rotatable bonds is 5. The van der Waals surface area contributed by atoms with E-state index < -0.39 is 63.2 Å². The van der Waals surface area contributed by atoms with Crippen LogP contribution in [0.25, 0.3) is 0 Å². The fourth-order valence-corrected chi connectivity index (χ4v) is 3.70. The molecular formula is C21H16ClF5N2O4. The summed E-state index contributed by atoms with van der Waals surface area (Å²) in [4.78, 5) is 23.7. The molecule has 33 heavy (non-hydrogen) atoms. The van der Waals surface area contributed by atoms with Gasteiger partial charge in [-0.05, 0) is 43.5 Å². The van der Waals surface area contributed by atoms with Crippen LogP contribution in [0.4, 0.5) is 27.6 Å².